The number of aromatic nitrogens is 3. The second-order valence-corrected chi connectivity index (χ2v) is 5.83. The molecule has 26 heavy (non-hydrogen) atoms. The predicted octanol–water partition coefficient (Wildman–Crippen LogP) is 3.34. The Hall–Kier alpha value is -3.72. The Labute approximate surface area is 151 Å². The second kappa shape index (κ2) is 7.45. The van der Waals surface area contributed by atoms with Gasteiger partial charge in [-0.1, -0.05) is 17.7 Å². The first kappa shape index (κ1) is 17.1. The van der Waals surface area contributed by atoms with Gasteiger partial charge in [-0.15, -0.1) is 0 Å². The van der Waals surface area contributed by atoms with E-state index in [4.69, 9.17) is 0 Å². The van der Waals surface area contributed by atoms with E-state index in [1.807, 2.05) is 37.3 Å². The van der Waals surface area contributed by atoms with Gasteiger partial charge < -0.3 is 5.32 Å². The zero-order chi connectivity index (χ0) is 18.5. The fourth-order valence-corrected chi connectivity index (χ4v) is 2.49. The van der Waals surface area contributed by atoms with Crippen molar-refractivity contribution < 1.29 is 4.79 Å². The highest BCUT2D eigenvalue weighted by Gasteiger charge is 2.14. The molecule has 0 aliphatic heterocycles. The topological polar surface area (TPSA) is 83.6 Å². The number of anilines is 1. The maximum atomic E-state index is 12.4. The lowest BCUT2D eigenvalue weighted by Gasteiger charge is -2.05. The van der Waals surface area contributed by atoms with Crippen LogP contribution in [0.4, 0.5) is 5.69 Å². The van der Waals surface area contributed by atoms with E-state index in [0.717, 1.165) is 11.1 Å². The fraction of sp³-hybridized carbons (Fsp3) is 0.100. The lowest BCUT2D eigenvalue weighted by molar-refractivity contribution is -0.112. The molecule has 0 saturated heterocycles. The first-order valence-electron chi connectivity index (χ1n) is 8.00. The number of carbonyl (C=O) groups excluding carboxylic acids is 1. The summed E-state index contributed by atoms with van der Waals surface area (Å²) in [6.07, 6.45) is 6.66. The molecule has 3 rings (SSSR count). The molecule has 6 heteroatoms. The highest BCUT2D eigenvalue weighted by atomic mass is 16.1. The van der Waals surface area contributed by atoms with Crippen molar-refractivity contribution in [2.24, 2.45) is 7.05 Å². The van der Waals surface area contributed by atoms with Gasteiger partial charge in [0.1, 0.15) is 11.6 Å². The lowest BCUT2D eigenvalue weighted by Crippen LogP contribution is -2.13. The molecular formula is C20H17N5O. The Morgan fingerprint density at radius 3 is 2.54 bits per heavy atom. The Kier molecular flexibility index (Phi) is 4.90. The van der Waals surface area contributed by atoms with Gasteiger partial charge in [0.15, 0.2) is 0 Å². The molecule has 0 fully saturated rings. The summed E-state index contributed by atoms with van der Waals surface area (Å²) in [6, 6.07) is 13.0. The number of amides is 1. The van der Waals surface area contributed by atoms with Crippen molar-refractivity contribution in [3.8, 4) is 17.3 Å². The number of nitrogens with one attached hydrogen (secondary N) is 1. The summed E-state index contributed by atoms with van der Waals surface area (Å²) in [7, 11) is 1.79. The number of aryl methyl sites for hydroxylation is 2. The second-order valence-electron chi connectivity index (χ2n) is 5.83. The zero-order valence-electron chi connectivity index (χ0n) is 14.5. The summed E-state index contributed by atoms with van der Waals surface area (Å²) in [6.45, 7) is 1.97. The van der Waals surface area contributed by atoms with Gasteiger partial charge in [0.05, 0.1) is 5.69 Å². The van der Waals surface area contributed by atoms with E-state index in [1.165, 1.54) is 0 Å². The van der Waals surface area contributed by atoms with E-state index in [0.29, 0.717) is 16.9 Å². The Balaban J connectivity index is 1.91. The van der Waals surface area contributed by atoms with Crippen LogP contribution in [0, 0.1) is 18.3 Å². The third-order valence-electron chi connectivity index (χ3n) is 3.79. The van der Waals surface area contributed by atoms with E-state index in [1.54, 1.807) is 48.5 Å². The molecule has 2 heterocycles. The summed E-state index contributed by atoms with van der Waals surface area (Å²) in [5, 5.41) is 16.6. The molecule has 0 unspecified atom stereocenters. The molecule has 0 aliphatic carbocycles. The van der Waals surface area contributed by atoms with Gasteiger partial charge in [-0.3, -0.25) is 14.5 Å². The van der Waals surface area contributed by atoms with E-state index in [9.17, 15) is 10.1 Å². The maximum absolute atomic E-state index is 12.4. The van der Waals surface area contributed by atoms with Crippen LogP contribution in [0.5, 0.6) is 0 Å². The van der Waals surface area contributed by atoms with Crippen molar-refractivity contribution in [3.63, 3.8) is 0 Å². The quantitative estimate of drug-likeness (QED) is 0.582. The van der Waals surface area contributed by atoms with Crippen molar-refractivity contribution in [2.75, 3.05) is 5.32 Å². The predicted molar refractivity (Wildman–Crippen MR) is 99.8 cm³/mol. The standard InChI is InChI=1S/C20H17N5O/c1-14-3-5-18(6-4-14)23-20(26)16(12-21)11-17-13-25(2)24-19(17)15-7-9-22-10-8-15/h3-11,13H,1-2H3,(H,23,26)/b16-11-. The highest BCUT2D eigenvalue weighted by Crippen LogP contribution is 2.23. The molecule has 2 aromatic heterocycles. The molecule has 0 radical (unpaired) electrons. The first-order valence-corrected chi connectivity index (χ1v) is 8.00. The smallest absolute Gasteiger partial charge is 0.266 e. The minimum atomic E-state index is -0.458. The van der Waals surface area contributed by atoms with Gasteiger partial charge in [-0.25, -0.2) is 0 Å². The van der Waals surface area contributed by atoms with Gasteiger partial charge in [0, 0.05) is 42.5 Å². The number of nitrogens with zero attached hydrogens (tertiary/aromatic N) is 4. The molecule has 0 saturated carbocycles. The maximum Gasteiger partial charge on any atom is 0.266 e. The average molecular weight is 343 g/mol. The van der Waals surface area contributed by atoms with Crippen molar-refractivity contribution >= 4 is 17.7 Å². The summed E-state index contributed by atoms with van der Waals surface area (Å²) in [5.41, 5.74) is 3.98. The summed E-state index contributed by atoms with van der Waals surface area (Å²) >= 11 is 0. The molecule has 0 aliphatic rings. The van der Waals surface area contributed by atoms with Gasteiger partial charge in [-0.2, -0.15) is 10.4 Å². The molecule has 1 aromatic carbocycles. The van der Waals surface area contributed by atoms with Crippen LogP contribution >= 0.6 is 0 Å². The Morgan fingerprint density at radius 2 is 1.88 bits per heavy atom. The molecule has 6 nitrogen and oxygen atoms in total. The third kappa shape index (κ3) is 3.84. The van der Waals surface area contributed by atoms with Crippen LogP contribution < -0.4 is 5.32 Å². The lowest BCUT2D eigenvalue weighted by atomic mass is 10.1. The molecule has 3 aromatic rings. The van der Waals surface area contributed by atoms with Gasteiger partial charge in [0.2, 0.25) is 0 Å². The van der Waals surface area contributed by atoms with E-state index >= 15 is 0 Å². The average Bonchev–Trinajstić information content (AvgIpc) is 3.02. The zero-order valence-corrected chi connectivity index (χ0v) is 14.5. The van der Waals surface area contributed by atoms with Gasteiger partial charge >= 0.3 is 0 Å². The molecular weight excluding hydrogens is 326 g/mol. The summed E-state index contributed by atoms with van der Waals surface area (Å²) in [5.74, 6) is -0.458. The van der Waals surface area contributed by atoms with Crippen LogP contribution in [-0.4, -0.2) is 20.7 Å². The van der Waals surface area contributed by atoms with Crippen molar-refractivity contribution in [3.05, 3.63) is 71.7 Å². The summed E-state index contributed by atoms with van der Waals surface area (Å²) < 4.78 is 1.65. The fourth-order valence-electron chi connectivity index (χ4n) is 2.49. The van der Waals surface area contributed by atoms with Crippen molar-refractivity contribution in [2.45, 2.75) is 6.92 Å². The Morgan fingerprint density at radius 1 is 1.19 bits per heavy atom. The Bertz CT molecular complexity index is 995. The van der Waals surface area contributed by atoms with Crippen LogP contribution in [0.3, 0.4) is 0 Å². The third-order valence-corrected chi connectivity index (χ3v) is 3.79. The largest absolute Gasteiger partial charge is 0.321 e. The number of pyridine rings is 1. The molecule has 1 amide bonds. The number of hydrogen-bond acceptors (Lipinski definition) is 4. The van der Waals surface area contributed by atoms with E-state index < -0.39 is 5.91 Å². The number of nitriles is 1. The normalized spacial score (nSPS) is 11.0. The molecule has 1 N–H and O–H groups in total. The SMILES string of the molecule is Cc1ccc(NC(=O)/C(C#N)=C\c2cn(C)nc2-c2ccncc2)cc1. The molecule has 0 bridgehead atoms. The van der Waals surface area contributed by atoms with E-state index in [2.05, 4.69) is 15.4 Å². The van der Waals surface area contributed by atoms with Crippen molar-refractivity contribution in [1.29, 1.82) is 5.26 Å². The molecule has 128 valence electrons. The highest BCUT2D eigenvalue weighted by molar-refractivity contribution is 6.10. The minimum absolute atomic E-state index is 0.00822. The van der Waals surface area contributed by atoms with Crippen LogP contribution in [0.2, 0.25) is 0 Å². The molecule has 0 spiro atoms. The summed E-state index contributed by atoms with van der Waals surface area (Å²) in [4.78, 5) is 16.4. The minimum Gasteiger partial charge on any atom is -0.321 e. The number of hydrogen-bond donors (Lipinski definition) is 1. The van der Waals surface area contributed by atoms with Crippen LogP contribution in [-0.2, 0) is 11.8 Å². The van der Waals surface area contributed by atoms with Gasteiger partial charge in [0.25, 0.3) is 5.91 Å². The van der Waals surface area contributed by atoms with E-state index in [-0.39, 0.29) is 5.57 Å². The number of benzene rings is 1. The van der Waals surface area contributed by atoms with Crippen LogP contribution in [0.15, 0.2) is 60.6 Å². The molecule has 0 atom stereocenters. The van der Waals surface area contributed by atoms with Gasteiger partial charge in [-0.05, 0) is 37.3 Å². The van der Waals surface area contributed by atoms with Crippen molar-refractivity contribution in [1.82, 2.24) is 14.8 Å². The monoisotopic (exact) mass is 343 g/mol. The number of rotatable bonds is 4. The first-order chi connectivity index (χ1) is 12.6. The number of carbonyl (C=O) groups is 1. The van der Waals surface area contributed by atoms with Crippen LogP contribution in [0.25, 0.3) is 17.3 Å². The van der Waals surface area contributed by atoms with Crippen LogP contribution in [0.1, 0.15) is 11.1 Å².